The first-order valence-electron chi connectivity index (χ1n) is 9.27. The monoisotopic (exact) mass is 433 g/mol. The first kappa shape index (κ1) is 21.2. The molecule has 0 saturated carbocycles. The minimum absolute atomic E-state index is 0.0296. The predicted octanol–water partition coefficient (Wildman–Crippen LogP) is 3.83. The fourth-order valence-electron chi connectivity index (χ4n) is 2.92. The molecule has 0 radical (unpaired) electrons. The Morgan fingerprint density at radius 1 is 1.21 bits per heavy atom. The Balaban J connectivity index is 1.81. The van der Waals surface area contributed by atoms with E-state index < -0.39 is 10.0 Å². The smallest absolute Gasteiger partial charge is 0.255 e. The number of thioether (sulfide) groups is 1. The van der Waals surface area contributed by atoms with Gasteiger partial charge in [0.05, 0.1) is 17.1 Å². The standard InChI is InChI=1S/C20H23N3O4S2/c1-3-11-29(26,27)23-16-6-4-5-15(13(16)2)22-20(25)14-7-8-18-17(12-14)21-19(24)9-10-28-18/h4-8,12,23H,3,9-11H2,1-2H3,(H,21,24)(H,22,25). The molecule has 0 unspecified atom stereocenters. The largest absolute Gasteiger partial charge is 0.325 e. The molecule has 1 aliphatic rings. The molecule has 2 aromatic rings. The summed E-state index contributed by atoms with van der Waals surface area (Å²) in [6, 6.07) is 10.2. The van der Waals surface area contributed by atoms with Crippen LogP contribution in [0.25, 0.3) is 0 Å². The molecule has 29 heavy (non-hydrogen) atoms. The van der Waals surface area contributed by atoms with Gasteiger partial charge in [0.15, 0.2) is 0 Å². The summed E-state index contributed by atoms with van der Waals surface area (Å²) in [6.07, 6.45) is 0.943. The molecule has 3 N–H and O–H groups in total. The van der Waals surface area contributed by atoms with Crippen LogP contribution >= 0.6 is 11.8 Å². The summed E-state index contributed by atoms with van der Waals surface area (Å²) in [5.74, 6) is 0.316. The van der Waals surface area contributed by atoms with E-state index >= 15 is 0 Å². The first-order chi connectivity index (χ1) is 13.8. The number of hydrogen-bond acceptors (Lipinski definition) is 5. The normalized spacial score (nSPS) is 13.8. The van der Waals surface area contributed by atoms with Gasteiger partial charge in [-0.3, -0.25) is 14.3 Å². The van der Waals surface area contributed by atoms with Crippen molar-refractivity contribution >= 4 is 50.7 Å². The third-order valence-electron chi connectivity index (χ3n) is 4.42. The van der Waals surface area contributed by atoms with Crippen LogP contribution in [-0.2, 0) is 14.8 Å². The molecule has 0 bridgehead atoms. The van der Waals surface area contributed by atoms with Crippen LogP contribution in [0.3, 0.4) is 0 Å². The van der Waals surface area contributed by atoms with E-state index in [2.05, 4.69) is 15.4 Å². The zero-order valence-electron chi connectivity index (χ0n) is 16.2. The second kappa shape index (κ2) is 8.87. The number of anilines is 3. The molecular formula is C20H23N3O4S2. The van der Waals surface area contributed by atoms with E-state index in [1.54, 1.807) is 55.9 Å². The van der Waals surface area contributed by atoms with Gasteiger partial charge in [-0.2, -0.15) is 0 Å². The Morgan fingerprint density at radius 2 is 1.97 bits per heavy atom. The van der Waals surface area contributed by atoms with Crippen molar-refractivity contribution in [3.8, 4) is 0 Å². The Labute approximate surface area is 174 Å². The second-order valence-electron chi connectivity index (χ2n) is 6.71. The number of rotatable bonds is 6. The molecule has 3 rings (SSSR count). The highest BCUT2D eigenvalue weighted by atomic mass is 32.2. The van der Waals surface area contributed by atoms with Crippen molar-refractivity contribution in [3.05, 3.63) is 47.5 Å². The molecule has 0 aliphatic carbocycles. The van der Waals surface area contributed by atoms with Gasteiger partial charge in [-0.15, -0.1) is 11.8 Å². The molecule has 1 aliphatic heterocycles. The van der Waals surface area contributed by atoms with Crippen LogP contribution in [0.5, 0.6) is 0 Å². The van der Waals surface area contributed by atoms with E-state index in [1.165, 1.54) is 0 Å². The number of fused-ring (bicyclic) bond motifs is 1. The topological polar surface area (TPSA) is 104 Å². The minimum atomic E-state index is -3.43. The van der Waals surface area contributed by atoms with E-state index in [0.29, 0.717) is 46.8 Å². The van der Waals surface area contributed by atoms with Crippen molar-refractivity contribution in [2.24, 2.45) is 0 Å². The van der Waals surface area contributed by atoms with Crippen molar-refractivity contribution in [2.45, 2.75) is 31.6 Å². The maximum Gasteiger partial charge on any atom is 0.255 e. The third-order valence-corrected chi connectivity index (χ3v) is 6.97. The van der Waals surface area contributed by atoms with Gasteiger partial charge in [-0.25, -0.2) is 8.42 Å². The number of sulfonamides is 1. The highest BCUT2D eigenvalue weighted by Crippen LogP contribution is 2.32. The van der Waals surface area contributed by atoms with Gasteiger partial charge >= 0.3 is 0 Å². The number of hydrogen-bond donors (Lipinski definition) is 3. The van der Waals surface area contributed by atoms with E-state index in [4.69, 9.17) is 0 Å². The molecule has 154 valence electrons. The van der Waals surface area contributed by atoms with Crippen molar-refractivity contribution < 1.29 is 18.0 Å². The average molecular weight is 434 g/mol. The summed E-state index contributed by atoms with van der Waals surface area (Å²) in [5.41, 5.74) is 2.60. The van der Waals surface area contributed by atoms with Crippen molar-refractivity contribution in [3.63, 3.8) is 0 Å². The van der Waals surface area contributed by atoms with Gasteiger partial charge in [-0.05, 0) is 49.2 Å². The first-order valence-corrected chi connectivity index (χ1v) is 11.9. The number of carbonyl (C=O) groups excluding carboxylic acids is 2. The van der Waals surface area contributed by atoms with Gasteiger partial charge in [0.2, 0.25) is 15.9 Å². The van der Waals surface area contributed by atoms with Gasteiger partial charge in [0.1, 0.15) is 0 Å². The van der Waals surface area contributed by atoms with Crippen LogP contribution in [-0.4, -0.2) is 31.7 Å². The van der Waals surface area contributed by atoms with Gasteiger partial charge in [-0.1, -0.05) is 13.0 Å². The molecule has 0 fully saturated rings. The Hall–Kier alpha value is -2.52. The van der Waals surface area contributed by atoms with Crippen LogP contribution in [0.15, 0.2) is 41.3 Å². The Kier molecular flexibility index (Phi) is 6.49. The van der Waals surface area contributed by atoms with Crippen LogP contribution in [0, 0.1) is 6.92 Å². The molecule has 0 aromatic heterocycles. The van der Waals surface area contributed by atoms with Crippen molar-refractivity contribution in [1.82, 2.24) is 0 Å². The maximum absolute atomic E-state index is 12.7. The Bertz CT molecular complexity index is 1050. The summed E-state index contributed by atoms with van der Waals surface area (Å²) < 4.78 is 26.7. The summed E-state index contributed by atoms with van der Waals surface area (Å²) in [4.78, 5) is 25.5. The summed E-state index contributed by atoms with van der Waals surface area (Å²) >= 11 is 1.57. The molecule has 0 saturated heterocycles. The summed E-state index contributed by atoms with van der Waals surface area (Å²) in [5, 5.41) is 5.65. The molecule has 2 amide bonds. The molecule has 0 atom stereocenters. The highest BCUT2D eigenvalue weighted by Gasteiger charge is 2.17. The van der Waals surface area contributed by atoms with Crippen molar-refractivity contribution in [2.75, 3.05) is 26.9 Å². The quantitative estimate of drug-likeness (QED) is 0.642. The van der Waals surface area contributed by atoms with E-state index in [1.807, 2.05) is 6.07 Å². The van der Waals surface area contributed by atoms with Crippen LogP contribution < -0.4 is 15.4 Å². The lowest BCUT2D eigenvalue weighted by molar-refractivity contribution is -0.115. The second-order valence-corrected chi connectivity index (χ2v) is 9.69. The van der Waals surface area contributed by atoms with Crippen LogP contribution in [0.4, 0.5) is 17.1 Å². The van der Waals surface area contributed by atoms with Gasteiger partial charge in [0.25, 0.3) is 5.91 Å². The third kappa shape index (κ3) is 5.30. The van der Waals surface area contributed by atoms with E-state index in [9.17, 15) is 18.0 Å². The van der Waals surface area contributed by atoms with Crippen molar-refractivity contribution in [1.29, 1.82) is 0 Å². The molecule has 0 spiro atoms. The SMILES string of the molecule is CCCS(=O)(=O)Nc1cccc(NC(=O)c2ccc3c(c2)NC(=O)CCS3)c1C. The lowest BCUT2D eigenvalue weighted by atomic mass is 10.1. The number of amides is 2. The number of carbonyl (C=O) groups is 2. The minimum Gasteiger partial charge on any atom is -0.325 e. The van der Waals surface area contributed by atoms with E-state index in [-0.39, 0.29) is 17.6 Å². The van der Waals surface area contributed by atoms with Gasteiger partial charge < -0.3 is 10.6 Å². The molecule has 7 nitrogen and oxygen atoms in total. The summed E-state index contributed by atoms with van der Waals surface area (Å²) in [7, 11) is -3.43. The highest BCUT2D eigenvalue weighted by molar-refractivity contribution is 7.99. The molecule has 1 heterocycles. The zero-order valence-corrected chi connectivity index (χ0v) is 17.9. The van der Waals surface area contributed by atoms with Crippen LogP contribution in [0.1, 0.15) is 35.7 Å². The number of benzene rings is 2. The molecule has 9 heteroatoms. The fraction of sp³-hybridized carbons (Fsp3) is 0.300. The number of nitrogens with one attached hydrogen (secondary N) is 3. The molecule has 2 aromatic carbocycles. The zero-order chi connectivity index (χ0) is 21.0. The van der Waals surface area contributed by atoms with Crippen LogP contribution in [0.2, 0.25) is 0 Å². The summed E-state index contributed by atoms with van der Waals surface area (Å²) in [6.45, 7) is 3.54. The lowest BCUT2D eigenvalue weighted by Gasteiger charge is -2.15. The molecular weight excluding hydrogens is 410 g/mol. The fourth-order valence-corrected chi connectivity index (χ4v) is 5.06. The lowest BCUT2D eigenvalue weighted by Crippen LogP contribution is -2.18. The average Bonchev–Trinajstić information content (AvgIpc) is 2.84. The van der Waals surface area contributed by atoms with Gasteiger partial charge in [0, 0.05) is 28.3 Å². The van der Waals surface area contributed by atoms with E-state index in [0.717, 1.165) is 4.90 Å². The predicted molar refractivity (Wildman–Crippen MR) is 117 cm³/mol. The maximum atomic E-state index is 12.7. The Morgan fingerprint density at radius 3 is 2.72 bits per heavy atom.